The normalized spacial score (nSPS) is 10.8. The van der Waals surface area contributed by atoms with Crippen molar-refractivity contribution in [2.75, 3.05) is 24.7 Å². The van der Waals surface area contributed by atoms with E-state index in [1.54, 1.807) is 54.7 Å². The summed E-state index contributed by atoms with van der Waals surface area (Å²) in [6, 6.07) is 25.7. The minimum atomic E-state index is -1.57. The highest BCUT2D eigenvalue weighted by Crippen LogP contribution is 2.31. The minimum absolute atomic E-state index is 0.196. The Labute approximate surface area is 253 Å². The molecule has 0 saturated carbocycles. The lowest BCUT2D eigenvalue weighted by atomic mass is 10.1. The lowest BCUT2D eigenvalue weighted by molar-refractivity contribution is 0.145. The number of nitrogens with zero attached hydrogens (tertiary/aromatic N) is 3. The Bertz CT molecular complexity index is 1770. The maximum atomic E-state index is 13.1. The van der Waals surface area contributed by atoms with Crippen molar-refractivity contribution in [3.05, 3.63) is 103 Å². The lowest BCUT2D eigenvalue weighted by Crippen LogP contribution is -2.38. The van der Waals surface area contributed by atoms with Crippen LogP contribution in [0.5, 0.6) is 17.2 Å². The zero-order valence-corrected chi connectivity index (χ0v) is 23.9. The van der Waals surface area contributed by atoms with Gasteiger partial charge in [0.2, 0.25) is 0 Å². The molecule has 0 saturated heterocycles. The monoisotopic (exact) mass is 594 g/mol. The van der Waals surface area contributed by atoms with Gasteiger partial charge in [0, 0.05) is 49.2 Å². The largest absolute Gasteiger partial charge is 0.464 e. The summed E-state index contributed by atoms with van der Waals surface area (Å²) in [5.41, 5.74) is 2.11. The summed E-state index contributed by atoms with van der Waals surface area (Å²) in [5, 5.41) is 13.5. The maximum absolute atomic E-state index is 13.1. The van der Waals surface area contributed by atoms with Crippen molar-refractivity contribution < 1.29 is 33.7 Å². The van der Waals surface area contributed by atoms with E-state index in [1.165, 1.54) is 22.9 Å². The summed E-state index contributed by atoms with van der Waals surface area (Å²) < 4.78 is 18.3. The van der Waals surface area contributed by atoms with Crippen LogP contribution in [-0.4, -0.2) is 52.6 Å². The summed E-state index contributed by atoms with van der Waals surface area (Å²) >= 11 is 0. The van der Waals surface area contributed by atoms with Gasteiger partial charge in [0.15, 0.2) is 5.82 Å². The molecule has 44 heavy (non-hydrogen) atoms. The summed E-state index contributed by atoms with van der Waals surface area (Å²) in [5.74, 6) is 0.669. The number of amides is 3. The number of rotatable bonds is 10. The summed E-state index contributed by atoms with van der Waals surface area (Å²) in [4.78, 5) is 42.4. The van der Waals surface area contributed by atoms with Crippen LogP contribution in [0.1, 0.15) is 13.3 Å². The summed E-state index contributed by atoms with van der Waals surface area (Å²) in [7, 11) is 0. The Balaban J connectivity index is 1.30. The zero-order chi connectivity index (χ0) is 30.9. The number of carbonyl (C=O) groups excluding carboxylic acids is 2. The van der Waals surface area contributed by atoms with E-state index in [1.807, 2.05) is 37.3 Å². The standard InChI is InChI=1S/C33H30N4O7/c1-2-42-20-8-17-35-31(38)36-19-16-24-21-25(13-14-28(24)36)43-26-15-18-34-30(22-26)37(32(39)40)33(41)44-29-12-7-6-11-27(29)23-9-4-3-5-10-23/h3-7,9-16,18-19,21-22H,2,8,17,20H2,1H3,(H,35,38)(H,39,40). The van der Waals surface area contributed by atoms with Crippen LogP contribution >= 0.6 is 0 Å². The zero-order valence-electron chi connectivity index (χ0n) is 23.9. The van der Waals surface area contributed by atoms with Crippen LogP contribution in [0.25, 0.3) is 22.0 Å². The van der Waals surface area contributed by atoms with E-state index in [2.05, 4.69) is 10.3 Å². The fraction of sp³-hybridized carbons (Fsp3) is 0.152. The summed E-state index contributed by atoms with van der Waals surface area (Å²) in [6.45, 7) is 3.62. The van der Waals surface area contributed by atoms with Gasteiger partial charge in [-0.25, -0.2) is 19.4 Å². The number of aromatic nitrogens is 2. The highest BCUT2D eigenvalue weighted by molar-refractivity contribution is 6.08. The quantitative estimate of drug-likeness (QED) is 0.163. The third-order valence-corrected chi connectivity index (χ3v) is 6.55. The molecule has 0 unspecified atom stereocenters. The molecule has 11 heteroatoms. The number of para-hydroxylation sites is 1. The molecule has 5 aromatic rings. The highest BCUT2D eigenvalue weighted by atomic mass is 16.6. The van der Waals surface area contributed by atoms with Gasteiger partial charge in [-0.3, -0.25) is 4.57 Å². The maximum Gasteiger partial charge on any atom is 0.430 e. The predicted octanol–water partition coefficient (Wildman–Crippen LogP) is 7.16. The van der Waals surface area contributed by atoms with Gasteiger partial charge in [-0.15, -0.1) is 0 Å². The molecule has 3 aromatic carbocycles. The number of benzene rings is 3. The van der Waals surface area contributed by atoms with Gasteiger partial charge in [-0.05, 0) is 55.3 Å². The Morgan fingerprint density at radius 2 is 1.70 bits per heavy atom. The Morgan fingerprint density at radius 1 is 0.932 bits per heavy atom. The molecule has 0 aliphatic heterocycles. The van der Waals surface area contributed by atoms with E-state index in [-0.39, 0.29) is 23.3 Å². The number of fused-ring (bicyclic) bond motifs is 1. The van der Waals surface area contributed by atoms with Crippen molar-refractivity contribution in [3.63, 3.8) is 0 Å². The molecular weight excluding hydrogens is 564 g/mol. The molecule has 0 atom stereocenters. The van der Waals surface area contributed by atoms with E-state index in [0.29, 0.717) is 47.9 Å². The second kappa shape index (κ2) is 14.0. The molecule has 5 rings (SSSR count). The number of hydrogen-bond donors (Lipinski definition) is 2. The number of imide groups is 1. The molecule has 2 N–H and O–H groups in total. The van der Waals surface area contributed by atoms with Crippen molar-refractivity contribution >= 4 is 34.9 Å². The van der Waals surface area contributed by atoms with Gasteiger partial charge in [-0.2, -0.15) is 4.90 Å². The molecular formula is C33H30N4O7. The smallest absolute Gasteiger partial charge is 0.430 e. The van der Waals surface area contributed by atoms with Crippen LogP contribution in [0.3, 0.4) is 0 Å². The lowest BCUT2D eigenvalue weighted by Gasteiger charge is -2.18. The molecule has 3 amide bonds. The van der Waals surface area contributed by atoms with Crippen molar-refractivity contribution in [2.45, 2.75) is 13.3 Å². The fourth-order valence-corrected chi connectivity index (χ4v) is 4.50. The molecule has 0 aliphatic carbocycles. The first-order valence-electron chi connectivity index (χ1n) is 13.9. The SMILES string of the molecule is CCOCCCNC(=O)n1ccc2cc(Oc3ccnc(N(C(=O)O)C(=O)Oc4ccccc4-c4ccccc4)c3)ccc21. The highest BCUT2D eigenvalue weighted by Gasteiger charge is 2.28. The minimum Gasteiger partial charge on any atom is -0.464 e. The molecule has 2 aromatic heterocycles. The number of ether oxygens (including phenoxy) is 3. The van der Waals surface area contributed by atoms with Crippen molar-refractivity contribution in [1.82, 2.24) is 14.9 Å². The van der Waals surface area contributed by atoms with E-state index in [4.69, 9.17) is 14.2 Å². The van der Waals surface area contributed by atoms with Gasteiger partial charge in [0.05, 0.1) is 5.52 Å². The number of nitrogens with one attached hydrogen (secondary N) is 1. The van der Waals surface area contributed by atoms with E-state index >= 15 is 0 Å². The van der Waals surface area contributed by atoms with Crippen LogP contribution < -0.4 is 19.7 Å². The number of anilines is 1. The molecule has 2 heterocycles. The first kappa shape index (κ1) is 29.8. The van der Waals surface area contributed by atoms with Crippen LogP contribution in [0.4, 0.5) is 20.2 Å². The first-order valence-corrected chi connectivity index (χ1v) is 13.9. The van der Waals surface area contributed by atoms with E-state index < -0.39 is 12.2 Å². The first-order chi connectivity index (χ1) is 21.4. The van der Waals surface area contributed by atoms with E-state index in [0.717, 1.165) is 10.9 Å². The molecule has 0 aliphatic rings. The molecule has 0 spiro atoms. The molecule has 0 fully saturated rings. The number of carbonyl (C=O) groups is 3. The van der Waals surface area contributed by atoms with Gasteiger partial charge >= 0.3 is 18.2 Å². The van der Waals surface area contributed by atoms with Crippen LogP contribution in [-0.2, 0) is 4.74 Å². The van der Waals surface area contributed by atoms with Crippen molar-refractivity contribution in [1.29, 1.82) is 0 Å². The number of pyridine rings is 1. The number of carboxylic acid groups (broad SMARTS) is 1. The van der Waals surface area contributed by atoms with Gasteiger partial charge in [0.1, 0.15) is 17.2 Å². The van der Waals surface area contributed by atoms with Crippen LogP contribution in [0.15, 0.2) is 103 Å². The molecule has 0 radical (unpaired) electrons. The average molecular weight is 595 g/mol. The van der Waals surface area contributed by atoms with E-state index in [9.17, 15) is 19.5 Å². The third-order valence-electron chi connectivity index (χ3n) is 6.55. The van der Waals surface area contributed by atoms with Crippen LogP contribution in [0.2, 0.25) is 0 Å². The Kier molecular flexibility index (Phi) is 9.48. The second-order valence-corrected chi connectivity index (χ2v) is 9.49. The summed E-state index contributed by atoms with van der Waals surface area (Å²) in [6.07, 6.45) is 0.989. The van der Waals surface area contributed by atoms with Gasteiger partial charge < -0.3 is 24.6 Å². The molecule has 11 nitrogen and oxygen atoms in total. The molecule has 0 bridgehead atoms. The van der Waals surface area contributed by atoms with Crippen LogP contribution in [0, 0.1) is 0 Å². The topological polar surface area (TPSA) is 132 Å². The number of hydrogen-bond acceptors (Lipinski definition) is 7. The van der Waals surface area contributed by atoms with Crippen molar-refractivity contribution in [3.8, 4) is 28.4 Å². The third kappa shape index (κ3) is 7.02. The predicted molar refractivity (Wildman–Crippen MR) is 165 cm³/mol. The second-order valence-electron chi connectivity index (χ2n) is 9.49. The van der Waals surface area contributed by atoms with Crippen molar-refractivity contribution in [2.24, 2.45) is 0 Å². The Hall–Kier alpha value is -5.68. The fourth-order valence-electron chi connectivity index (χ4n) is 4.50. The molecule has 224 valence electrons. The Morgan fingerprint density at radius 3 is 2.50 bits per heavy atom. The van der Waals surface area contributed by atoms with Gasteiger partial charge in [-0.1, -0.05) is 48.5 Å². The average Bonchev–Trinajstić information content (AvgIpc) is 3.45. The van der Waals surface area contributed by atoms with Gasteiger partial charge in [0.25, 0.3) is 0 Å².